The molecule has 6 heteroatoms. The van der Waals surface area contributed by atoms with Crippen LogP contribution in [0.5, 0.6) is 0 Å². The van der Waals surface area contributed by atoms with Crippen LogP contribution in [0.3, 0.4) is 0 Å². The van der Waals surface area contributed by atoms with Crippen LogP contribution in [-0.2, 0) is 14.3 Å². The molecule has 0 bridgehead atoms. The smallest absolute Gasteiger partial charge is 0.315 e. The normalized spacial score (nSPS) is 22.8. The largest absolute Gasteiger partial charge is 0.465 e. The summed E-state index contributed by atoms with van der Waals surface area (Å²) in [6.45, 7) is 6.17. The lowest BCUT2D eigenvalue weighted by molar-refractivity contribution is -0.147. The van der Waals surface area contributed by atoms with E-state index in [0.717, 1.165) is 16.8 Å². The maximum Gasteiger partial charge on any atom is 0.315 e. The number of nitrogens with zero attached hydrogens (tertiary/aromatic N) is 1. The molecule has 0 fully saturated rings. The Balaban J connectivity index is 1.75. The van der Waals surface area contributed by atoms with Crippen molar-refractivity contribution in [3.8, 4) is 0 Å². The summed E-state index contributed by atoms with van der Waals surface area (Å²) in [5.74, 6) is -1.15. The lowest BCUT2D eigenvalue weighted by Crippen LogP contribution is -2.38. The van der Waals surface area contributed by atoms with E-state index in [4.69, 9.17) is 32.9 Å². The minimum absolute atomic E-state index is 0.0223. The van der Waals surface area contributed by atoms with Crippen molar-refractivity contribution in [2.24, 2.45) is 16.8 Å². The summed E-state index contributed by atoms with van der Waals surface area (Å²) in [5, 5.41) is 1.27. The molecule has 1 unspecified atom stereocenters. The molecule has 0 saturated carbocycles. The minimum atomic E-state index is -0.639. The van der Waals surface area contributed by atoms with Crippen LogP contribution in [0.25, 0.3) is 0 Å². The van der Waals surface area contributed by atoms with Crippen molar-refractivity contribution in [1.29, 1.82) is 0 Å². The second-order valence-electron chi connectivity index (χ2n) is 9.22. The minimum Gasteiger partial charge on any atom is -0.465 e. The van der Waals surface area contributed by atoms with Gasteiger partial charge in [0, 0.05) is 39.4 Å². The van der Waals surface area contributed by atoms with Gasteiger partial charge in [-0.3, -0.25) is 14.6 Å². The van der Waals surface area contributed by atoms with Crippen LogP contribution in [0.4, 0.5) is 0 Å². The van der Waals surface area contributed by atoms with Gasteiger partial charge in [-0.2, -0.15) is 0 Å². The number of benzene rings is 2. The standard InChI is InChI=1S/C27H27Cl2NO3/c1-15(2)14-33-27(32)24-16(3)30-22-12-19(17-4-8-20(28)9-5-17)13-23(31)26(22)25(24)18-6-10-21(29)11-7-18/h4-11,15,19,24-25H,12-14H2,1-3H3/t19-,24?,25+/m0/s1. The van der Waals surface area contributed by atoms with Gasteiger partial charge in [-0.25, -0.2) is 0 Å². The number of carbonyl (C=O) groups is 2. The van der Waals surface area contributed by atoms with Gasteiger partial charge in [0.2, 0.25) is 0 Å². The van der Waals surface area contributed by atoms with Crippen LogP contribution >= 0.6 is 23.2 Å². The highest BCUT2D eigenvalue weighted by atomic mass is 35.5. The predicted molar refractivity (Wildman–Crippen MR) is 132 cm³/mol. The lowest BCUT2D eigenvalue weighted by atomic mass is 9.69. The van der Waals surface area contributed by atoms with Crippen molar-refractivity contribution in [2.75, 3.05) is 6.61 Å². The maximum atomic E-state index is 13.5. The van der Waals surface area contributed by atoms with E-state index in [9.17, 15) is 9.59 Å². The third-order valence-corrected chi connectivity index (χ3v) is 6.78. The fourth-order valence-corrected chi connectivity index (χ4v) is 4.96. The Kier molecular flexibility index (Phi) is 7.06. The van der Waals surface area contributed by atoms with E-state index in [1.807, 2.05) is 57.2 Å². The Hall–Kier alpha value is -2.43. The molecule has 1 heterocycles. The second-order valence-corrected chi connectivity index (χ2v) is 10.1. The Morgan fingerprint density at radius 3 is 2.15 bits per heavy atom. The predicted octanol–water partition coefficient (Wildman–Crippen LogP) is 6.77. The van der Waals surface area contributed by atoms with E-state index in [-0.39, 0.29) is 23.6 Å². The van der Waals surface area contributed by atoms with E-state index in [2.05, 4.69) is 0 Å². The summed E-state index contributed by atoms with van der Waals surface area (Å²) in [7, 11) is 0. The van der Waals surface area contributed by atoms with Crippen molar-refractivity contribution in [2.45, 2.75) is 45.4 Å². The summed E-state index contributed by atoms with van der Waals surface area (Å²) in [6, 6.07) is 15.0. The first-order chi connectivity index (χ1) is 15.7. The first-order valence-corrected chi connectivity index (χ1v) is 12.0. The molecule has 1 aliphatic heterocycles. The zero-order valence-corrected chi connectivity index (χ0v) is 20.5. The van der Waals surface area contributed by atoms with Gasteiger partial charge >= 0.3 is 5.97 Å². The van der Waals surface area contributed by atoms with Gasteiger partial charge in [0.1, 0.15) is 5.92 Å². The molecule has 33 heavy (non-hydrogen) atoms. The molecule has 3 atom stereocenters. The lowest BCUT2D eigenvalue weighted by Gasteiger charge is -2.36. The van der Waals surface area contributed by atoms with Crippen LogP contribution in [0, 0.1) is 11.8 Å². The van der Waals surface area contributed by atoms with Gasteiger partial charge in [-0.05, 0) is 60.6 Å². The number of carbonyl (C=O) groups excluding carboxylic acids is 2. The Morgan fingerprint density at radius 1 is 1.00 bits per heavy atom. The second kappa shape index (κ2) is 9.82. The average molecular weight is 484 g/mol. The molecule has 0 saturated heterocycles. The molecule has 0 radical (unpaired) electrons. The molecule has 2 aromatic carbocycles. The highest BCUT2D eigenvalue weighted by molar-refractivity contribution is 6.30. The van der Waals surface area contributed by atoms with Gasteiger partial charge in [0.05, 0.1) is 6.61 Å². The van der Waals surface area contributed by atoms with Crippen molar-refractivity contribution < 1.29 is 14.3 Å². The summed E-state index contributed by atoms with van der Waals surface area (Å²) in [6.07, 6.45) is 1.00. The van der Waals surface area contributed by atoms with Crippen LogP contribution in [0.1, 0.15) is 56.6 Å². The Morgan fingerprint density at radius 2 is 1.58 bits per heavy atom. The van der Waals surface area contributed by atoms with Crippen molar-refractivity contribution in [3.63, 3.8) is 0 Å². The number of aliphatic imine (C=N–C) groups is 1. The average Bonchev–Trinajstić information content (AvgIpc) is 2.77. The fourth-order valence-electron chi connectivity index (χ4n) is 4.70. The molecular weight excluding hydrogens is 457 g/mol. The number of ether oxygens (including phenoxy) is 1. The van der Waals surface area contributed by atoms with Crippen LogP contribution in [-0.4, -0.2) is 24.1 Å². The van der Waals surface area contributed by atoms with E-state index in [1.54, 1.807) is 12.1 Å². The summed E-state index contributed by atoms with van der Waals surface area (Å²) in [5.41, 5.74) is 3.99. The van der Waals surface area contributed by atoms with E-state index < -0.39 is 11.8 Å². The highest BCUT2D eigenvalue weighted by Gasteiger charge is 2.44. The van der Waals surface area contributed by atoms with Gasteiger partial charge in [0.25, 0.3) is 0 Å². The Labute approximate surface area is 204 Å². The van der Waals surface area contributed by atoms with E-state index in [1.165, 1.54) is 0 Å². The molecule has 2 aliphatic rings. The fraction of sp³-hybridized carbons (Fsp3) is 0.370. The zero-order valence-electron chi connectivity index (χ0n) is 19.0. The van der Waals surface area contributed by atoms with Crippen LogP contribution in [0.2, 0.25) is 10.0 Å². The first kappa shape index (κ1) is 23.7. The van der Waals surface area contributed by atoms with Crippen LogP contribution in [0.15, 0.2) is 64.8 Å². The molecule has 0 spiro atoms. The monoisotopic (exact) mass is 483 g/mol. The molecule has 1 aliphatic carbocycles. The molecule has 4 rings (SSSR count). The van der Waals surface area contributed by atoms with E-state index >= 15 is 0 Å². The molecule has 4 nitrogen and oxygen atoms in total. The van der Waals surface area contributed by atoms with Gasteiger partial charge in [-0.1, -0.05) is 61.3 Å². The molecule has 0 amide bonds. The zero-order chi connectivity index (χ0) is 23.7. The van der Waals surface area contributed by atoms with Crippen molar-refractivity contribution in [3.05, 3.63) is 81.0 Å². The highest BCUT2D eigenvalue weighted by Crippen LogP contribution is 2.47. The van der Waals surface area contributed by atoms with Crippen molar-refractivity contribution in [1.82, 2.24) is 0 Å². The van der Waals surface area contributed by atoms with E-state index in [0.29, 0.717) is 40.8 Å². The number of esters is 1. The number of hydrogen-bond acceptors (Lipinski definition) is 4. The summed E-state index contributed by atoms with van der Waals surface area (Å²) < 4.78 is 5.61. The quantitative estimate of drug-likeness (QED) is 0.440. The number of halogens is 2. The molecular formula is C27H27Cl2NO3. The molecule has 172 valence electrons. The summed E-state index contributed by atoms with van der Waals surface area (Å²) >= 11 is 12.2. The maximum absolute atomic E-state index is 13.5. The number of hydrogen-bond donors (Lipinski definition) is 0. The van der Waals surface area contributed by atoms with Gasteiger partial charge in [0.15, 0.2) is 5.78 Å². The third kappa shape index (κ3) is 5.07. The Bertz CT molecular complexity index is 1120. The topological polar surface area (TPSA) is 55.7 Å². The molecule has 0 aromatic heterocycles. The molecule has 2 aromatic rings. The number of Topliss-reactive ketones (excluding diaryl/α,β-unsaturated/α-hetero) is 1. The van der Waals surface area contributed by atoms with Crippen LogP contribution < -0.4 is 0 Å². The first-order valence-electron chi connectivity index (χ1n) is 11.2. The SMILES string of the molecule is CC1=NC2=C(C(=O)C[C@@H](c3ccc(Cl)cc3)C2)[C@H](c2ccc(Cl)cc2)C1C(=O)OCC(C)C. The summed E-state index contributed by atoms with van der Waals surface area (Å²) in [4.78, 5) is 31.5. The number of rotatable bonds is 5. The molecule has 0 N–H and O–H groups in total. The number of ketones is 1. The van der Waals surface area contributed by atoms with Gasteiger partial charge in [-0.15, -0.1) is 0 Å². The third-order valence-electron chi connectivity index (χ3n) is 6.27. The van der Waals surface area contributed by atoms with Gasteiger partial charge < -0.3 is 4.74 Å². The van der Waals surface area contributed by atoms with Crippen molar-refractivity contribution >= 4 is 40.7 Å². The number of allylic oxidation sites excluding steroid dienone is 2.